The Hall–Kier alpha value is -6.89. The quantitative estimate of drug-likeness (QED) is 0.0583. The van der Waals surface area contributed by atoms with E-state index in [1.807, 2.05) is 18.7 Å². The van der Waals surface area contributed by atoms with Crippen LogP contribution in [-0.2, 0) is 95.4 Å². The van der Waals surface area contributed by atoms with Gasteiger partial charge in [-0.2, -0.15) is 0 Å². The van der Waals surface area contributed by atoms with Crippen LogP contribution in [0.15, 0.2) is 24.3 Å². The number of carbonyl (C=O) groups is 13. The van der Waals surface area contributed by atoms with E-state index < -0.39 is 40.6 Å². The molecule has 3 unspecified atom stereocenters. The second kappa shape index (κ2) is 59.0. The van der Waals surface area contributed by atoms with E-state index in [1.54, 1.807) is 43.4 Å². The van der Waals surface area contributed by atoms with Crippen molar-refractivity contribution in [2.75, 3.05) is 205 Å². The van der Waals surface area contributed by atoms with E-state index in [0.29, 0.717) is 114 Å². The number of likely N-dealkylation sites (tertiary alicyclic amines) is 2. The topological polar surface area (TPSA) is 370 Å². The number of benzene rings is 1. The van der Waals surface area contributed by atoms with E-state index in [-0.39, 0.29) is 190 Å². The van der Waals surface area contributed by atoms with Gasteiger partial charge in [0.05, 0.1) is 89.7 Å². The van der Waals surface area contributed by atoms with E-state index >= 15 is 0 Å². The Morgan fingerprint density at radius 1 is 0.481 bits per heavy atom. The van der Waals surface area contributed by atoms with Crippen molar-refractivity contribution in [1.82, 2.24) is 45.3 Å². The number of alkyl carbamates (subject to hydrolysis) is 1. The number of thioether (sulfide) groups is 2. The van der Waals surface area contributed by atoms with Crippen molar-refractivity contribution in [2.24, 2.45) is 0 Å². The largest absolute Gasteiger partial charge is 0.441 e. The molecule has 3 atom stereocenters. The maximum absolute atomic E-state index is 14.1. The van der Waals surface area contributed by atoms with Gasteiger partial charge < -0.3 is 82.9 Å². The summed E-state index contributed by atoms with van der Waals surface area (Å²) in [6, 6.07) is 6.72. The number of nitrogens with one attached hydrogen (secondary N) is 3. The molecule has 34 heteroatoms. The van der Waals surface area contributed by atoms with E-state index in [0.717, 1.165) is 61.2 Å². The average Bonchev–Trinajstić information content (AvgIpc) is 1.70. The number of carbonyl (C=O) groups excluding carboxylic acids is 13. The molecule has 1 aromatic carbocycles. The summed E-state index contributed by atoms with van der Waals surface area (Å²) in [6.07, 6.45) is 6.32. The summed E-state index contributed by atoms with van der Waals surface area (Å²) in [5, 5.41) is 6.88. The maximum Gasteiger partial charge on any atom is 0.415 e. The molecule has 2 aliphatic rings. The van der Waals surface area contributed by atoms with Gasteiger partial charge in [0.1, 0.15) is 36.6 Å². The van der Waals surface area contributed by atoms with Gasteiger partial charge in [0.25, 0.3) is 0 Å². The lowest BCUT2D eigenvalue weighted by Gasteiger charge is -2.24. The van der Waals surface area contributed by atoms with Crippen molar-refractivity contribution >= 4 is 100 Å². The lowest BCUT2D eigenvalue weighted by Crippen LogP contribution is -2.44. The molecule has 0 spiro atoms. The number of hydrogen-bond acceptors (Lipinski definition) is 25. The van der Waals surface area contributed by atoms with Crippen LogP contribution in [0.1, 0.15) is 148 Å². The number of ketones is 2. The highest BCUT2D eigenvalue weighted by Gasteiger charge is 2.40. The average molecular weight is 1570 g/mol. The Balaban J connectivity index is 1.47. The van der Waals surface area contributed by atoms with Gasteiger partial charge in [-0.25, -0.2) is 9.59 Å². The van der Waals surface area contributed by atoms with Crippen LogP contribution >= 0.6 is 23.5 Å². The zero-order chi connectivity index (χ0) is 79.1. The van der Waals surface area contributed by atoms with Crippen LogP contribution in [0, 0.1) is 0 Å². The van der Waals surface area contributed by atoms with Crippen molar-refractivity contribution in [3.8, 4) is 5.75 Å². The van der Waals surface area contributed by atoms with Crippen molar-refractivity contribution < 1.29 is 110 Å². The summed E-state index contributed by atoms with van der Waals surface area (Å²) in [5.74, 6) is -1.65. The highest BCUT2D eigenvalue weighted by Crippen LogP contribution is 2.30. The highest BCUT2D eigenvalue weighted by molar-refractivity contribution is 8.00. The van der Waals surface area contributed by atoms with E-state index in [2.05, 4.69) is 16.0 Å². The number of ether oxygens (including phenoxy) is 10. The summed E-state index contributed by atoms with van der Waals surface area (Å²) >= 11 is 2.84. The molecular weight excluding hydrogens is 1450 g/mol. The molecule has 612 valence electrons. The lowest BCUT2D eigenvalue weighted by atomic mass is 10.0. The van der Waals surface area contributed by atoms with Crippen LogP contribution in [0.25, 0.3) is 0 Å². The molecule has 2 aliphatic heterocycles. The van der Waals surface area contributed by atoms with Crippen molar-refractivity contribution in [3.63, 3.8) is 0 Å². The molecule has 3 rings (SSSR count). The molecule has 108 heavy (non-hydrogen) atoms. The molecule has 2 saturated heterocycles. The molecule has 0 radical (unpaired) electrons. The van der Waals surface area contributed by atoms with Gasteiger partial charge in [0.15, 0.2) is 0 Å². The fourth-order valence-corrected chi connectivity index (χ4v) is 13.6. The molecule has 2 heterocycles. The second-order valence-corrected chi connectivity index (χ2v) is 28.3. The summed E-state index contributed by atoms with van der Waals surface area (Å²) in [5.41, 5.74) is 0.662. The Morgan fingerprint density at radius 2 is 0.917 bits per heavy atom. The predicted octanol–water partition coefficient (Wildman–Crippen LogP) is 4.79. The summed E-state index contributed by atoms with van der Waals surface area (Å²) < 4.78 is 52.8. The number of imide groups is 2. The van der Waals surface area contributed by atoms with Crippen LogP contribution in [0.4, 0.5) is 9.59 Å². The third kappa shape index (κ3) is 40.7. The van der Waals surface area contributed by atoms with Crippen molar-refractivity contribution in [1.29, 1.82) is 0 Å². The molecule has 3 N–H and O–H groups in total. The molecule has 1 aromatic rings. The van der Waals surface area contributed by atoms with E-state index in [1.165, 1.54) is 54.6 Å². The fraction of sp³-hybridized carbons (Fsp3) is 0.743. The zero-order valence-corrected chi connectivity index (χ0v) is 66.4. The summed E-state index contributed by atoms with van der Waals surface area (Å²) in [7, 11) is 7.58. The molecule has 0 aliphatic carbocycles. The lowest BCUT2D eigenvalue weighted by molar-refractivity contribution is -0.141. The Kier molecular flexibility index (Phi) is 52.1. The number of rotatable bonds is 65. The number of methoxy groups -OCH3 is 4. The minimum atomic E-state index is -0.697. The number of hydrogen-bond donors (Lipinski definition) is 3. The normalized spacial score (nSPS) is 14.4. The number of amides is 11. The van der Waals surface area contributed by atoms with Crippen LogP contribution in [0.3, 0.4) is 0 Å². The van der Waals surface area contributed by atoms with E-state index in [9.17, 15) is 62.3 Å². The molecule has 32 nitrogen and oxygen atoms in total. The Labute approximate surface area is 645 Å². The van der Waals surface area contributed by atoms with Crippen LogP contribution in [-0.4, -0.2) is 322 Å². The minimum absolute atomic E-state index is 0.00960. The summed E-state index contributed by atoms with van der Waals surface area (Å²) in [4.78, 5) is 177. The van der Waals surface area contributed by atoms with Gasteiger partial charge in [0, 0.05) is 146 Å². The first-order valence-corrected chi connectivity index (χ1v) is 39.9. The maximum atomic E-state index is 14.1. The fourth-order valence-electron chi connectivity index (χ4n) is 11.3. The van der Waals surface area contributed by atoms with Gasteiger partial charge in [-0.05, 0) is 94.4 Å². The third-order valence-electron chi connectivity index (χ3n) is 17.5. The van der Waals surface area contributed by atoms with E-state index in [4.69, 9.17) is 47.4 Å². The molecule has 2 fully saturated rings. The SMILES string of the molecule is CCN(CC)C(=O)Oc1ccc(C(CCCC(=O)N(CCCCCCSC2CC(=O)N(CCC(=O)CCCNC(=O)CN(CCOCCOC)C(=O)COCCOC)C2=O)CCCCCCSC2CC(=O)N(CCC(=O)CCCNC(=O)CN(CCOCCOC)C(=O)COCCOC)C2=O)OC(=O)NC)cc1. The minimum Gasteiger partial charge on any atom is -0.441 e. The number of unbranched alkanes of at least 4 members (excludes halogenated alkanes) is 6. The second-order valence-electron chi connectivity index (χ2n) is 25.7. The number of Topliss-reactive ketones (excluding diaryl/α,β-unsaturated/α-hetero) is 2. The van der Waals surface area contributed by atoms with Gasteiger partial charge in [-0.3, -0.25) is 62.5 Å². The summed E-state index contributed by atoms with van der Waals surface area (Å²) in [6.45, 7) is 8.27. The van der Waals surface area contributed by atoms with Gasteiger partial charge in [-0.15, -0.1) is 23.5 Å². The molecule has 0 saturated carbocycles. The van der Waals surface area contributed by atoms with Crippen molar-refractivity contribution in [3.05, 3.63) is 29.8 Å². The number of nitrogens with zero attached hydrogens (tertiary/aromatic N) is 6. The van der Waals surface area contributed by atoms with Crippen LogP contribution < -0.4 is 20.7 Å². The molecule has 0 bridgehead atoms. The molecule has 11 amide bonds. The highest BCUT2D eigenvalue weighted by atomic mass is 32.2. The molecule has 0 aromatic heterocycles. The Morgan fingerprint density at radius 3 is 1.34 bits per heavy atom. The molecular formula is C74H121N9O23S2. The first-order chi connectivity index (χ1) is 52.2. The van der Waals surface area contributed by atoms with Gasteiger partial charge in [0.2, 0.25) is 53.2 Å². The third-order valence-corrected chi connectivity index (χ3v) is 20.1. The monoisotopic (exact) mass is 1570 g/mol. The smallest absolute Gasteiger partial charge is 0.415 e. The first-order valence-electron chi connectivity index (χ1n) is 37.8. The Bertz CT molecular complexity index is 2730. The van der Waals surface area contributed by atoms with Crippen LogP contribution in [0.2, 0.25) is 0 Å². The first kappa shape index (κ1) is 95.3. The van der Waals surface area contributed by atoms with Gasteiger partial charge in [-0.1, -0.05) is 37.8 Å². The van der Waals surface area contributed by atoms with Crippen molar-refractivity contribution in [2.45, 2.75) is 152 Å². The predicted molar refractivity (Wildman–Crippen MR) is 404 cm³/mol. The van der Waals surface area contributed by atoms with Crippen LogP contribution in [0.5, 0.6) is 5.75 Å². The standard InChI is InChI=1S/C74H121N9O23S2/c1-8-78(9-2)74(96)105-60-27-25-57(26-28-60)61(106-73(95)75-3)23-18-24-66(88)79(33-14-10-12-16-49-107-62-51-67(89)82(71(62)93)35-29-58(84)21-19-31-76-64(86)53-80(37-39-101-45-41-97-4)69(91)55-103-47-43-99-6)34-15-11-13-17-50-108-63-52-68(90)83(72(63)94)36-30-59(85)22-20-32-77-65(87)54-81(38-40-102-46-42-98-5)70(92)56-104-48-44-100-7/h25-28,61-63H,8-24,29-56H2,1-7H3,(H,75,95)(H,76,86)(H,77,87). The zero-order valence-electron chi connectivity index (χ0n) is 64.8. The van der Waals surface area contributed by atoms with Gasteiger partial charge >= 0.3 is 12.2 Å².